The van der Waals surface area contributed by atoms with Crippen LogP contribution in [0.5, 0.6) is 5.75 Å². The van der Waals surface area contributed by atoms with Crippen molar-refractivity contribution in [1.29, 1.82) is 0 Å². The molecule has 5 nitrogen and oxygen atoms in total. The van der Waals surface area contributed by atoms with Crippen molar-refractivity contribution in [1.82, 2.24) is 9.78 Å². The van der Waals surface area contributed by atoms with Crippen LogP contribution in [0.25, 0.3) is 11.3 Å². The van der Waals surface area contributed by atoms with Gasteiger partial charge < -0.3 is 9.84 Å². The standard InChI is InChI=1S/C16H20N2O3/c1-5-6-18-14(16(19)20)9-13(17-18)12-7-11(3)15(21-4)8-10(12)2/h7-9H,5-6H2,1-4H3,(H,19,20). The van der Waals surface area contributed by atoms with Crippen LogP contribution in [0.15, 0.2) is 18.2 Å². The Bertz CT molecular complexity index is 674. The summed E-state index contributed by atoms with van der Waals surface area (Å²) in [4.78, 5) is 11.3. The third-order valence-corrected chi connectivity index (χ3v) is 3.45. The van der Waals surface area contributed by atoms with Crippen molar-refractivity contribution >= 4 is 5.97 Å². The fourth-order valence-electron chi connectivity index (χ4n) is 2.39. The average molecular weight is 288 g/mol. The first kappa shape index (κ1) is 15.1. The van der Waals surface area contributed by atoms with E-state index < -0.39 is 5.97 Å². The number of carboxylic acid groups (broad SMARTS) is 1. The highest BCUT2D eigenvalue weighted by molar-refractivity contribution is 5.87. The van der Waals surface area contributed by atoms with E-state index in [0.717, 1.165) is 28.9 Å². The molecule has 1 aromatic heterocycles. The Labute approximate surface area is 124 Å². The smallest absolute Gasteiger partial charge is 0.354 e. The second-order valence-corrected chi connectivity index (χ2v) is 5.08. The molecule has 112 valence electrons. The van der Waals surface area contributed by atoms with Gasteiger partial charge in [-0.2, -0.15) is 5.10 Å². The SMILES string of the molecule is CCCn1nc(-c2cc(C)c(OC)cc2C)cc1C(=O)O. The number of rotatable bonds is 5. The maximum absolute atomic E-state index is 11.3. The number of ether oxygens (including phenoxy) is 1. The Morgan fingerprint density at radius 3 is 2.57 bits per heavy atom. The fourth-order valence-corrected chi connectivity index (χ4v) is 2.39. The number of aromatic nitrogens is 2. The Morgan fingerprint density at radius 1 is 1.29 bits per heavy atom. The highest BCUT2D eigenvalue weighted by Gasteiger charge is 2.16. The molecule has 0 saturated carbocycles. The van der Waals surface area contributed by atoms with E-state index in [1.54, 1.807) is 17.9 Å². The van der Waals surface area contributed by atoms with Gasteiger partial charge in [-0.05, 0) is 49.6 Å². The van der Waals surface area contributed by atoms with Crippen molar-refractivity contribution in [3.63, 3.8) is 0 Å². The molecule has 1 N–H and O–H groups in total. The molecule has 0 aliphatic rings. The zero-order valence-corrected chi connectivity index (χ0v) is 12.8. The average Bonchev–Trinajstić information content (AvgIpc) is 2.85. The third-order valence-electron chi connectivity index (χ3n) is 3.45. The van der Waals surface area contributed by atoms with Crippen molar-refractivity contribution in [2.24, 2.45) is 0 Å². The summed E-state index contributed by atoms with van der Waals surface area (Å²) in [5.41, 5.74) is 3.85. The van der Waals surface area contributed by atoms with Gasteiger partial charge >= 0.3 is 5.97 Å². The number of hydrogen-bond acceptors (Lipinski definition) is 3. The highest BCUT2D eigenvalue weighted by Crippen LogP contribution is 2.29. The Balaban J connectivity index is 2.54. The van der Waals surface area contributed by atoms with Crippen LogP contribution in [0, 0.1) is 13.8 Å². The molecule has 0 fully saturated rings. The zero-order chi connectivity index (χ0) is 15.6. The van der Waals surface area contributed by atoms with Crippen LogP contribution in [-0.2, 0) is 6.54 Å². The number of aromatic carboxylic acids is 1. The second-order valence-electron chi connectivity index (χ2n) is 5.08. The summed E-state index contributed by atoms with van der Waals surface area (Å²) >= 11 is 0. The molecule has 0 spiro atoms. The molecule has 0 amide bonds. The molecule has 5 heteroatoms. The minimum atomic E-state index is -0.954. The number of aryl methyl sites for hydroxylation is 3. The van der Waals surface area contributed by atoms with E-state index in [1.807, 2.05) is 32.9 Å². The van der Waals surface area contributed by atoms with Crippen molar-refractivity contribution < 1.29 is 14.6 Å². The van der Waals surface area contributed by atoms with Crippen LogP contribution >= 0.6 is 0 Å². The van der Waals surface area contributed by atoms with Gasteiger partial charge in [0.2, 0.25) is 0 Å². The molecule has 0 radical (unpaired) electrons. The first-order valence-electron chi connectivity index (χ1n) is 6.94. The molecule has 1 aromatic carbocycles. The van der Waals surface area contributed by atoms with E-state index in [-0.39, 0.29) is 5.69 Å². The fraction of sp³-hybridized carbons (Fsp3) is 0.375. The molecular formula is C16H20N2O3. The highest BCUT2D eigenvalue weighted by atomic mass is 16.5. The normalized spacial score (nSPS) is 10.7. The summed E-state index contributed by atoms with van der Waals surface area (Å²) in [6, 6.07) is 5.56. The van der Waals surface area contributed by atoms with Crippen LogP contribution in [0.1, 0.15) is 35.0 Å². The van der Waals surface area contributed by atoms with Gasteiger partial charge in [0.15, 0.2) is 0 Å². The maximum Gasteiger partial charge on any atom is 0.354 e. The summed E-state index contributed by atoms with van der Waals surface area (Å²) in [6.45, 7) is 6.52. The molecule has 0 saturated heterocycles. The van der Waals surface area contributed by atoms with E-state index in [9.17, 15) is 9.90 Å². The summed E-state index contributed by atoms with van der Waals surface area (Å²) in [5.74, 6) is -0.132. The lowest BCUT2D eigenvalue weighted by atomic mass is 10.0. The van der Waals surface area contributed by atoms with Crippen molar-refractivity contribution in [3.8, 4) is 17.0 Å². The molecular weight excluding hydrogens is 268 g/mol. The topological polar surface area (TPSA) is 64.4 Å². The molecule has 0 aliphatic carbocycles. The van der Waals surface area contributed by atoms with Gasteiger partial charge in [0.25, 0.3) is 0 Å². The number of hydrogen-bond donors (Lipinski definition) is 1. The lowest BCUT2D eigenvalue weighted by Gasteiger charge is -2.09. The van der Waals surface area contributed by atoms with Crippen LogP contribution in [0.4, 0.5) is 0 Å². The maximum atomic E-state index is 11.3. The Morgan fingerprint density at radius 2 is 2.00 bits per heavy atom. The van der Waals surface area contributed by atoms with E-state index in [2.05, 4.69) is 5.10 Å². The molecule has 0 unspecified atom stereocenters. The summed E-state index contributed by atoms with van der Waals surface area (Å²) in [5, 5.41) is 13.7. The Kier molecular flexibility index (Phi) is 4.31. The monoisotopic (exact) mass is 288 g/mol. The zero-order valence-electron chi connectivity index (χ0n) is 12.8. The minimum absolute atomic E-state index is 0.222. The predicted octanol–water partition coefficient (Wildman–Crippen LogP) is 3.28. The van der Waals surface area contributed by atoms with Gasteiger partial charge in [0.1, 0.15) is 11.4 Å². The van der Waals surface area contributed by atoms with Crippen LogP contribution in [0.3, 0.4) is 0 Å². The third kappa shape index (κ3) is 2.91. The number of methoxy groups -OCH3 is 1. The van der Waals surface area contributed by atoms with Crippen LogP contribution in [0.2, 0.25) is 0 Å². The number of benzene rings is 1. The molecule has 2 aromatic rings. The van der Waals surface area contributed by atoms with Gasteiger partial charge in [-0.15, -0.1) is 0 Å². The first-order chi connectivity index (χ1) is 9.97. The van der Waals surface area contributed by atoms with Gasteiger partial charge in [-0.3, -0.25) is 4.68 Å². The number of carbonyl (C=O) groups is 1. The molecule has 21 heavy (non-hydrogen) atoms. The Hall–Kier alpha value is -2.30. The lowest BCUT2D eigenvalue weighted by molar-refractivity contribution is 0.0683. The molecule has 0 atom stereocenters. The van der Waals surface area contributed by atoms with Crippen molar-refractivity contribution in [3.05, 3.63) is 35.0 Å². The van der Waals surface area contributed by atoms with Gasteiger partial charge in [-0.25, -0.2) is 4.79 Å². The summed E-state index contributed by atoms with van der Waals surface area (Å²) in [7, 11) is 1.64. The van der Waals surface area contributed by atoms with E-state index in [1.165, 1.54) is 0 Å². The lowest BCUT2D eigenvalue weighted by Crippen LogP contribution is -2.09. The predicted molar refractivity (Wildman–Crippen MR) is 80.9 cm³/mol. The quantitative estimate of drug-likeness (QED) is 0.917. The summed E-state index contributed by atoms with van der Waals surface area (Å²) in [6.07, 6.45) is 0.835. The minimum Gasteiger partial charge on any atom is -0.496 e. The van der Waals surface area contributed by atoms with E-state index >= 15 is 0 Å². The molecule has 0 aliphatic heterocycles. The van der Waals surface area contributed by atoms with Crippen molar-refractivity contribution in [2.75, 3.05) is 7.11 Å². The molecule has 0 bridgehead atoms. The van der Waals surface area contributed by atoms with E-state index in [4.69, 9.17) is 4.74 Å². The van der Waals surface area contributed by atoms with Gasteiger partial charge in [0, 0.05) is 12.1 Å². The molecule has 2 rings (SSSR count). The van der Waals surface area contributed by atoms with Crippen LogP contribution in [-0.4, -0.2) is 28.0 Å². The number of nitrogens with zero attached hydrogens (tertiary/aromatic N) is 2. The van der Waals surface area contributed by atoms with Gasteiger partial charge in [0.05, 0.1) is 12.8 Å². The second kappa shape index (κ2) is 5.99. The number of carboxylic acids is 1. The van der Waals surface area contributed by atoms with Crippen molar-refractivity contribution in [2.45, 2.75) is 33.7 Å². The van der Waals surface area contributed by atoms with Crippen LogP contribution < -0.4 is 4.74 Å². The van der Waals surface area contributed by atoms with Gasteiger partial charge in [-0.1, -0.05) is 6.92 Å². The largest absolute Gasteiger partial charge is 0.496 e. The van der Waals surface area contributed by atoms with E-state index in [0.29, 0.717) is 12.2 Å². The first-order valence-corrected chi connectivity index (χ1v) is 6.94. The molecule has 1 heterocycles. The summed E-state index contributed by atoms with van der Waals surface area (Å²) < 4.78 is 6.85.